The molecule has 1 aromatic carbocycles. The lowest BCUT2D eigenvalue weighted by Crippen LogP contribution is -2.04. The van der Waals surface area contributed by atoms with E-state index in [9.17, 15) is 4.79 Å². The van der Waals surface area contributed by atoms with Gasteiger partial charge in [-0.25, -0.2) is 0 Å². The van der Waals surface area contributed by atoms with Crippen molar-refractivity contribution in [3.8, 4) is 11.8 Å². The Morgan fingerprint density at radius 1 is 1.50 bits per heavy atom. The smallest absolute Gasteiger partial charge is 0.308 e. The van der Waals surface area contributed by atoms with Gasteiger partial charge in [0.1, 0.15) is 5.75 Å². The normalized spacial score (nSPS) is 11.5. The van der Waals surface area contributed by atoms with Crippen LogP contribution in [0.25, 0.3) is 0 Å². The summed E-state index contributed by atoms with van der Waals surface area (Å²) < 4.78 is 4.98. The predicted octanol–water partition coefficient (Wildman–Crippen LogP) is 2.24. The number of rotatable bonds is 2. The number of esters is 1. The minimum absolute atomic E-state index is 0.273. The molecule has 1 rings (SSSR count). The van der Waals surface area contributed by atoms with Gasteiger partial charge in [0.2, 0.25) is 0 Å². The average Bonchev–Trinajstić information content (AvgIpc) is 2.16. The van der Waals surface area contributed by atoms with E-state index in [4.69, 9.17) is 10.00 Å². The molecular formula is C11H11NO2. The van der Waals surface area contributed by atoms with Crippen LogP contribution < -0.4 is 4.74 Å². The van der Waals surface area contributed by atoms with Crippen LogP contribution in [0.2, 0.25) is 0 Å². The molecule has 0 aliphatic carbocycles. The van der Waals surface area contributed by atoms with Crippen molar-refractivity contribution in [1.82, 2.24) is 0 Å². The Bertz CT molecular complexity index is 379. The highest BCUT2D eigenvalue weighted by Crippen LogP contribution is 2.25. The Hall–Kier alpha value is -1.82. The second kappa shape index (κ2) is 4.43. The molecule has 0 radical (unpaired) electrons. The Labute approximate surface area is 82.9 Å². The lowest BCUT2D eigenvalue weighted by Gasteiger charge is -2.09. The molecule has 0 aliphatic heterocycles. The molecule has 0 saturated heterocycles. The van der Waals surface area contributed by atoms with Crippen molar-refractivity contribution in [2.45, 2.75) is 19.8 Å². The zero-order chi connectivity index (χ0) is 10.6. The van der Waals surface area contributed by atoms with Crippen LogP contribution >= 0.6 is 0 Å². The van der Waals surface area contributed by atoms with Gasteiger partial charge in [0.15, 0.2) is 0 Å². The standard InChI is InChI=1S/C11H11NO2/c1-8(7-12)10-5-3-4-6-11(10)14-9(2)13/h3-6,8H,1-2H3. The second-order valence-electron chi connectivity index (χ2n) is 2.98. The largest absolute Gasteiger partial charge is 0.426 e. The van der Waals surface area contributed by atoms with Crippen LogP contribution in [0.1, 0.15) is 25.3 Å². The van der Waals surface area contributed by atoms with E-state index in [2.05, 4.69) is 6.07 Å². The van der Waals surface area contributed by atoms with E-state index in [1.807, 2.05) is 6.07 Å². The molecule has 1 atom stereocenters. The van der Waals surface area contributed by atoms with Crippen molar-refractivity contribution >= 4 is 5.97 Å². The zero-order valence-corrected chi connectivity index (χ0v) is 8.15. The van der Waals surface area contributed by atoms with Crippen molar-refractivity contribution in [1.29, 1.82) is 5.26 Å². The number of ether oxygens (including phenoxy) is 1. The molecule has 0 N–H and O–H groups in total. The Morgan fingerprint density at radius 2 is 2.14 bits per heavy atom. The summed E-state index contributed by atoms with van der Waals surface area (Å²) >= 11 is 0. The molecule has 14 heavy (non-hydrogen) atoms. The summed E-state index contributed by atoms with van der Waals surface area (Å²) in [5, 5.41) is 8.76. The molecular weight excluding hydrogens is 178 g/mol. The molecule has 0 heterocycles. The van der Waals surface area contributed by atoms with Crippen molar-refractivity contribution in [2.75, 3.05) is 0 Å². The molecule has 0 aliphatic rings. The molecule has 3 heteroatoms. The molecule has 3 nitrogen and oxygen atoms in total. The molecule has 0 fully saturated rings. The van der Waals surface area contributed by atoms with E-state index in [-0.39, 0.29) is 11.9 Å². The second-order valence-corrected chi connectivity index (χ2v) is 2.98. The Balaban J connectivity index is 3.04. The quantitative estimate of drug-likeness (QED) is 0.529. The molecule has 0 spiro atoms. The average molecular weight is 189 g/mol. The minimum Gasteiger partial charge on any atom is -0.426 e. The van der Waals surface area contributed by atoms with Crippen molar-refractivity contribution in [3.05, 3.63) is 29.8 Å². The lowest BCUT2D eigenvalue weighted by atomic mass is 10.0. The summed E-state index contributed by atoms with van der Waals surface area (Å²) in [6.45, 7) is 3.11. The van der Waals surface area contributed by atoms with Gasteiger partial charge in [-0.05, 0) is 13.0 Å². The first-order valence-electron chi connectivity index (χ1n) is 4.32. The van der Waals surface area contributed by atoms with Crippen LogP contribution in [0, 0.1) is 11.3 Å². The first-order chi connectivity index (χ1) is 6.65. The highest BCUT2D eigenvalue weighted by atomic mass is 16.5. The summed E-state index contributed by atoms with van der Waals surface area (Å²) in [5.74, 6) is -0.179. The van der Waals surface area contributed by atoms with Gasteiger partial charge in [-0.15, -0.1) is 0 Å². The van der Waals surface area contributed by atoms with E-state index in [1.54, 1.807) is 25.1 Å². The summed E-state index contributed by atoms with van der Waals surface area (Å²) in [6.07, 6.45) is 0. The number of carbonyl (C=O) groups excluding carboxylic acids is 1. The van der Waals surface area contributed by atoms with Crippen LogP contribution in [-0.2, 0) is 4.79 Å². The first-order valence-corrected chi connectivity index (χ1v) is 4.32. The summed E-state index contributed by atoms with van der Waals surface area (Å²) in [6, 6.07) is 9.16. The maximum atomic E-state index is 10.8. The third-order valence-corrected chi connectivity index (χ3v) is 1.83. The van der Waals surface area contributed by atoms with Crippen molar-refractivity contribution in [3.63, 3.8) is 0 Å². The number of carbonyl (C=O) groups is 1. The van der Waals surface area contributed by atoms with E-state index in [0.717, 1.165) is 5.56 Å². The SMILES string of the molecule is CC(=O)Oc1ccccc1C(C)C#N. The van der Waals surface area contributed by atoms with Gasteiger partial charge in [0.05, 0.1) is 12.0 Å². The number of nitrogens with zero attached hydrogens (tertiary/aromatic N) is 1. The fourth-order valence-electron chi connectivity index (χ4n) is 1.16. The Kier molecular flexibility index (Phi) is 3.24. The van der Waals surface area contributed by atoms with Gasteiger partial charge in [0.25, 0.3) is 0 Å². The van der Waals surface area contributed by atoms with E-state index in [1.165, 1.54) is 6.92 Å². The van der Waals surface area contributed by atoms with Gasteiger partial charge in [0, 0.05) is 12.5 Å². The zero-order valence-electron chi connectivity index (χ0n) is 8.15. The third-order valence-electron chi connectivity index (χ3n) is 1.83. The van der Waals surface area contributed by atoms with Gasteiger partial charge in [-0.1, -0.05) is 18.2 Å². The molecule has 0 aromatic heterocycles. The highest BCUT2D eigenvalue weighted by molar-refractivity contribution is 5.70. The summed E-state index contributed by atoms with van der Waals surface area (Å²) in [7, 11) is 0. The number of benzene rings is 1. The number of nitriles is 1. The Morgan fingerprint density at radius 3 is 2.71 bits per heavy atom. The molecule has 0 saturated carbocycles. The van der Waals surface area contributed by atoms with Crippen LogP contribution in [0.5, 0.6) is 5.75 Å². The van der Waals surface area contributed by atoms with Crippen LogP contribution in [-0.4, -0.2) is 5.97 Å². The maximum Gasteiger partial charge on any atom is 0.308 e. The van der Waals surface area contributed by atoms with Gasteiger partial charge >= 0.3 is 5.97 Å². The number of hydrogen-bond donors (Lipinski definition) is 0. The highest BCUT2D eigenvalue weighted by Gasteiger charge is 2.11. The van der Waals surface area contributed by atoms with Gasteiger partial charge in [-0.3, -0.25) is 4.79 Å². The van der Waals surface area contributed by atoms with Crippen LogP contribution in [0.3, 0.4) is 0 Å². The number of para-hydroxylation sites is 1. The predicted molar refractivity (Wildman–Crippen MR) is 51.8 cm³/mol. The summed E-state index contributed by atoms with van der Waals surface area (Å²) in [5.41, 5.74) is 0.741. The number of hydrogen-bond acceptors (Lipinski definition) is 3. The third kappa shape index (κ3) is 2.33. The van der Waals surface area contributed by atoms with Gasteiger partial charge < -0.3 is 4.74 Å². The fourth-order valence-corrected chi connectivity index (χ4v) is 1.16. The van der Waals surface area contributed by atoms with E-state index < -0.39 is 0 Å². The van der Waals surface area contributed by atoms with Crippen LogP contribution in [0.15, 0.2) is 24.3 Å². The van der Waals surface area contributed by atoms with E-state index >= 15 is 0 Å². The van der Waals surface area contributed by atoms with Crippen molar-refractivity contribution in [2.24, 2.45) is 0 Å². The maximum absolute atomic E-state index is 10.8. The molecule has 72 valence electrons. The summed E-state index contributed by atoms with van der Waals surface area (Å²) in [4.78, 5) is 10.8. The first kappa shape index (κ1) is 10.3. The molecule has 0 amide bonds. The van der Waals surface area contributed by atoms with Crippen LogP contribution in [0.4, 0.5) is 0 Å². The van der Waals surface area contributed by atoms with Gasteiger partial charge in [-0.2, -0.15) is 5.26 Å². The molecule has 1 unspecified atom stereocenters. The molecule has 1 aromatic rings. The van der Waals surface area contributed by atoms with Crippen molar-refractivity contribution < 1.29 is 9.53 Å². The molecule has 0 bridgehead atoms. The van der Waals surface area contributed by atoms with E-state index in [0.29, 0.717) is 5.75 Å². The topological polar surface area (TPSA) is 50.1 Å². The monoisotopic (exact) mass is 189 g/mol. The fraction of sp³-hybridized carbons (Fsp3) is 0.273. The lowest BCUT2D eigenvalue weighted by molar-refractivity contribution is -0.131. The minimum atomic E-state index is -0.373.